The molecular formula is C15H23N3O. The molecule has 1 aromatic rings. The van der Waals surface area contributed by atoms with Crippen LogP contribution in [-0.4, -0.2) is 18.5 Å². The summed E-state index contributed by atoms with van der Waals surface area (Å²) in [6.07, 6.45) is 6.16. The van der Waals surface area contributed by atoms with Crippen molar-refractivity contribution in [2.75, 3.05) is 6.61 Å². The Hall–Kier alpha value is -1.55. The predicted octanol–water partition coefficient (Wildman–Crippen LogP) is 2.63. The summed E-state index contributed by atoms with van der Waals surface area (Å²) in [6.45, 7) is 2.61. The molecule has 0 amide bonds. The third-order valence-electron chi connectivity index (χ3n) is 3.47. The molecule has 0 saturated heterocycles. The predicted molar refractivity (Wildman–Crippen MR) is 78.3 cm³/mol. The molecule has 1 saturated carbocycles. The summed E-state index contributed by atoms with van der Waals surface area (Å²) in [5.41, 5.74) is 3.68. The number of aliphatic imine (C=N–C) groups is 1. The maximum atomic E-state index is 5.65. The van der Waals surface area contributed by atoms with Crippen LogP contribution in [0.15, 0.2) is 29.3 Å². The number of amidine groups is 1. The summed E-state index contributed by atoms with van der Waals surface area (Å²) in [5.74, 6) is 7.21. The molecule has 1 aromatic carbocycles. The van der Waals surface area contributed by atoms with E-state index in [2.05, 4.69) is 5.43 Å². The molecule has 4 heteroatoms. The van der Waals surface area contributed by atoms with E-state index in [-0.39, 0.29) is 0 Å². The van der Waals surface area contributed by atoms with Gasteiger partial charge in [0.1, 0.15) is 11.6 Å². The molecule has 0 bridgehead atoms. The fourth-order valence-electron chi connectivity index (χ4n) is 2.52. The van der Waals surface area contributed by atoms with E-state index in [0.717, 1.165) is 30.0 Å². The summed E-state index contributed by atoms with van der Waals surface area (Å²) >= 11 is 0. The van der Waals surface area contributed by atoms with Crippen LogP contribution in [-0.2, 0) is 0 Å². The minimum Gasteiger partial charge on any atom is -0.493 e. The van der Waals surface area contributed by atoms with Crippen molar-refractivity contribution in [1.29, 1.82) is 0 Å². The lowest BCUT2D eigenvalue weighted by molar-refractivity contribution is 0.339. The Kier molecular flexibility index (Phi) is 5.21. The van der Waals surface area contributed by atoms with Gasteiger partial charge in [-0.1, -0.05) is 31.4 Å². The number of hydrazine groups is 1. The Morgan fingerprint density at radius 2 is 2.05 bits per heavy atom. The van der Waals surface area contributed by atoms with E-state index in [0.29, 0.717) is 12.6 Å². The van der Waals surface area contributed by atoms with Crippen LogP contribution < -0.4 is 16.0 Å². The second-order valence-corrected chi connectivity index (χ2v) is 4.84. The number of nitrogens with zero attached hydrogens (tertiary/aromatic N) is 1. The molecule has 1 aliphatic rings. The van der Waals surface area contributed by atoms with Crippen molar-refractivity contribution in [2.45, 2.75) is 45.1 Å². The van der Waals surface area contributed by atoms with E-state index in [1.807, 2.05) is 31.2 Å². The summed E-state index contributed by atoms with van der Waals surface area (Å²) < 4.78 is 5.63. The number of para-hydroxylation sites is 1. The average molecular weight is 261 g/mol. The van der Waals surface area contributed by atoms with E-state index < -0.39 is 0 Å². The van der Waals surface area contributed by atoms with Crippen LogP contribution in [0.4, 0.5) is 0 Å². The molecule has 0 unspecified atom stereocenters. The van der Waals surface area contributed by atoms with Crippen molar-refractivity contribution in [3.8, 4) is 5.75 Å². The van der Waals surface area contributed by atoms with Gasteiger partial charge < -0.3 is 10.2 Å². The maximum absolute atomic E-state index is 5.65. The van der Waals surface area contributed by atoms with E-state index in [4.69, 9.17) is 15.6 Å². The summed E-state index contributed by atoms with van der Waals surface area (Å²) in [7, 11) is 0. The molecule has 1 fully saturated rings. The van der Waals surface area contributed by atoms with Crippen LogP contribution in [0.25, 0.3) is 0 Å². The minimum atomic E-state index is 0.384. The van der Waals surface area contributed by atoms with Gasteiger partial charge in [-0.2, -0.15) is 0 Å². The third-order valence-corrected chi connectivity index (χ3v) is 3.47. The number of nitrogens with one attached hydrogen (secondary N) is 1. The molecule has 0 spiro atoms. The van der Waals surface area contributed by atoms with Crippen LogP contribution in [0.1, 0.15) is 44.6 Å². The summed E-state index contributed by atoms with van der Waals surface area (Å²) in [6, 6.07) is 8.27. The van der Waals surface area contributed by atoms with Crippen LogP contribution >= 0.6 is 0 Å². The molecule has 0 heterocycles. The number of benzene rings is 1. The highest BCUT2D eigenvalue weighted by Crippen LogP contribution is 2.23. The summed E-state index contributed by atoms with van der Waals surface area (Å²) in [5, 5.41) is 0. The topological polar surface area (TPSA) is 59.6 Å². The lowest BCUT2D eigenvalue weighted by Crippen LogP contribution is -2.33. The second kappa shape index (κ2) is 7.14. The highest BCUT2D eigenvalue weighted by molar-refractivity contribution is 6.00. The highest BCUT2D eigenvalue weighted by Gasteiger charge is 2.15. The van der Waals surface area contributed by atoms with Gasteiger partial charge in [0.05, 0.1) is 18.2 Å². The number of rotatable bonds is 4. The Morgan fingerprint density at radius 1 is 1.32 bits per heavy atom. The van der Waals surface area contributed by atoms with Crippen LogP contribution in [0.2, 0.25) is 0 Å². The first kappa shape index (κ1) is 13.9. The molecule has 0 aliphatic heterocycles. The standard InChI is InChI=1S/C15H23N3O/c1-2-19-14-11-7-6-10-13(14)15(18-16)17-12-8-4-3-5-9-12/h6-7,10-12H,2-5,8-9,16H2,1H3,(H,17,18). The monoisotopic (exact) mass is 261 g/mol. The minimum absolute atomic E-state index is 0.384. The van der Waals surface area contributed by atoms with E-state index >= 15 is 0 Å². The molecular weight excluding hydrogens is 238 g/mol. The van der Waals surface area contributed by atoms with Gasteiger partial charge in [0.2, 0.25) is 0 Å². The van der Waals surface area contributed by atoms with Crippen molar-refractivity contribution in [3.63, 3.8) is 0 Å². The van der Waals surface area contributed by atoms with Gasteiger partial charge in [-0.25, -0.2) is 5.84 Å². The Bertz CT molecular complexity index is 425. The zero-order valence-corrected chi connectivity index (χ0v) is 11.6. The molecule has 2 rings (SSSR count). The molecule has 19 heavy (non-hydrogen) atoms. The molecule has 0 atom stereocenters. The van der Waals surface area contributed by atoms with Crippen molar-refractivity contribution in [3.05, 3.63) is 29.8 Å². The number of nitrogens with two attached hydrogens (primary N) is 1. The van der Waals surface area contributed by atoms with Crippen molar-refractivity contribution in [2.24, 2.45) is 10.8 Å². The second-order valence-electron chi connectivity index (χ2n) is 4.84. The van der Waals surface area contributed by atoms with E-state index in [1.54, 1.807) is 0 Å². The largest absolute Gasteiger partial charge is 0.493 e. The molecule has 0 radical (unpaired) electrons. The highest BCUT2D eigenvalue weighted by atomic mass is 16.5. The lowest BCUT2D eigenvalue weighted by atomic mass is 9.96. The van der Waals surface area contributed by atoms with Gasteiger partial charge in [-0.05, 0) is 31.9 Å². The molecule has 4 nitrogen and oxygen atoms in total. The first-order valence-corrected chi connectivity index (χ1v) is 7.11. The third kappa shape index (κ3) is 3.70. The smallest absolute Gasteiger partial charge is 0.146 e. The number of ether oxygens (including phenoxy) is 1. The lowest BCUT2D eigenvalue weighted by Gasteiger charge is -2.20. The fraction of sp³-hybridized carbons (Fsp3) is 0.533. The first-order valence-electron chi connectivity index (χ1n) is 7.11. The summed E-state index contributed by atoms with van der Waals surface area (Å²) in [4.78, 5) is 4.77. The molecule has 104 valence electrons. The van der Waals surface area contributed by atoms with Crippen molar-refractivity contribution in [1.82, 2.24) is 5.43 Å². The van der Waals surface area contributed by atoms with Gasteiger partial charge in [-0.3, -0.25) is 4.99 Å². The number of hydrogen-bond acceptors (Lipinski definition) is 3. The van der Waals surface area contributed by atoms with Gasteiger partial charge in [-0.15, -0.1) is 0 Å². The Morgan fingerprint density at radius 3 is 2.74 bits per heavy atom. The van der Waals surface area contributed by atoms with Gasteiger partial charge in [0.25, 0.3) is 0 Å². The van der Waals surface area contributed by atoms with Gasteiger partial charge in [0, 0.05) is 0 Å². The molecule has 1 aliphatic carbocycles. The zero-order chi connectivity index (χ0) is 13.5. The van der Waals surface area contributed by atoms with Gasteiger partial charge in [0.15, 0.2) is 0 Å². The SMILES string of the molecule is CCOc1ccccc1C(=NC1CCCCC1)NN. The maximum Gasteiger partial charge on any atom is 0.146 e. The quantitative estimate of drug-likeness (QED) is 0.379. The van der Waals surface area contributed by atoms with Crippen LogP contribution in [0, 0.1) is 0 Å². The van der Waals surface area contributed by atoms with E-state index in [9.17, 15) is 0 Å². The van der Waals surface area contributed by atoms with Crippen molar-refractivity contribution >= 4 is 5.84 Å². The fourth-order valence-corrected chi connectivity index (χ4v) is 2.52. The van der Waals surface area contributed by atoms with E-state index in [1.165, 1.54) is 19.3 Å². The Labute approximate surface area is 115 Å². The van der Waals surface area contributed by atoms with Crippen LogP contribution in [0.5, 0.6) is 5.75 Å². The zero-order valence-electron chi connectivity index (χ0n) is 11.6. The molecule has 3 N–H and O–H groups in total. The number of hydrogen-bond donors (Lipinski definition) is 2. The average Bonchev–Trinajstić information content (AvgIpc) is 2.47. The Balaban J connectivity index is 2.22. The van der Waals surface area contributed by atoms with Gasteiger partial charge >= 0.3 is 0 Å². The molecule has 0 aromatic heterocycles. The normalized spacial score (nSPS) is 17.3. The van der Waals surface area contributed by atoms with Crippen molar-refractivity contribution < 1.29 is 4.74 Å². The van der Waals surface area contributed by atoms with Crippen LogP contribution in [0.3, 0.4) is 0 Å². The first-order chi connectivity index (χ1) is 9.35.